The number of benzene rings is 2. The number of nitrogens with one attached hydrogen (secondary N) is 1. The van der Waals surface area contributed by atoms with Gasteiger partial charge in [-0.1, -0.05) is 24.3 Å². The van der Waals surface area contributed by atoms with E-state index in [1.165, 1.54) is 37.3 Å². The van der Waals surface area contributed by atoms with Crippen LogP contribution in [0.5, 0.6) is 11.5 Å². The van der Waals surface area contributed by atoms with Gasteiger partial charge < -0.3 is 29.0 Å². The Morgan fingerprint density at radius 2 is 1.64 bits per heavy atom. The van der Waals surface area contributed by atoms with Crippen molar-refractivity contribution in [3.8, 4) is 11.5 Å². The summed E-state index contributed by atoms with van der Waals surface area (Å²) in [5.74, 6) is -12.3. The molecule has 1 aliphatic heterocycles. The molecule has 0 aromatic heterocycles. The molecule has 0 bridgehead atoms. The van der Waals surface area contributed by atoms with Crippen LogP contribution in [0.1, 0.15) is 28.8 Å². The minimum absolute atomic E-state index is 0.0478. The second-order valence-electron chi connectivity index (χ2n) is 8.67. The number of fused-ring (bicyclic) bond motifs is 1. The molecule has 0 saturated heterocycles. The fourth-order valence-electron chi connectivity index (χ4n) is 4.93. The van der Waals surface area contributed by atoms with E-state index in [0.717, 1.165) is 14.2 Å². The lowest BCUT2D eigenvalue weighted by Gasteiger charge is -2.38. The first-order valence-corrected chi connectivity index (χ1v) is 11.9. The van der Waals surface area contributed by atoms with Crippen LogP contribution < -0.4 is 14.8 Å². The molecule has 12 heteroatoms. The molecule has 1 heterocycles. The Morgan fingerprint density at radius 3 is 2.28 bits per heavy atom. The maximum Gasteiger partial charge on any atom is 0.323 e. The molecule has 39 heavy (non-hydrogen) atoms. The smallest absolute Gasteiger partial charge is 0.323 e. The van der Waals surface area contributed by atoms with Gasteiger partial charge in [0, 0.05) is 5.56 Å². The van der Waals surface area contributed by atoms with Crippen LogP contribution >= 0.6 is 0 Å². The van der Waals surface area contributed by atoms with Crippen molar-refractivity contribution in [1.82, 2.24) is 5.32 Å². The van der Waals surface area contributed by atoms with Gasteiger partial charge in [-0.15, -0.1) is 0 Å². The third-order valence-electron chi connectivity index (χ3n) is 6.63. The molecule has 0 spiro atoms. The lowest BCUT2D eigenvalue weighted by atomic mass is 9.71. The van der Waals surface area contributed by atoms with Gasteiger partial charge in [0.05, 0.1) is 20.8 Å². The van der Waals surface area contributed by atoms with Crippen LogP contribution in [0.15, 0.2) is 48.5 Å². The van der Waals surface area contributed by atoms with Gasteiger partial charge in [0.25, 0.3) is 5.91 Å². The Labute approximate surface area is 222 Å². The average molecular weight is 539 g/mol. The van der Waals surface area contributed by atoms with Gasteiger partial charge >= 0.3 is 17.9 Å². The highest BCUT2D eigenvalue weighted by Gasteiger charge is 2.71. The molecule has 0 unspecified atom stereocenters. The first-order valence-electron chi connectivity index (χ1n) is 11.9. The summed E-state index contributed by atoms with van der Waals surface area (Å²) in [5, 5.41) is 2.48. The zero-order valence-corrected chi connectivity index (χ0v) is 21.3. The topological polar surface area (TPSA) is 161 Å². The van der Waals surface area contributed by atoms with Crippen molar-refractivity contribution < 1.29 is 52.5 Å². The molecule has 0 radical (unpaired) electrons. The van der Waals surface area contributed by atoms with E-state index >= 15 is 0 Å². The number of hydrogen-bond acceptors (Lipinski definition) is 11. The van der Waals surface area contributed by atoms with Crippen LogP contribution in [0.3, 0.4) is 0 Å². The average Bonchev–Trinajstić information content (AvgIpc) is 3.49. The van der Waals surface area contributed by atoms with E-state index in [-0.39, 0.29) is 30.3 Å². The van der Waals surface area contributed by atoms with E-state index < -0.39 is 58.7 Å². The summed E-state index contributed by atoms with van der Waals surface area (Å²) < 4.78 is 25.5. The molecule has 2 aliphatic rings. The minimum atomic E-state index is -2.64. The molecule has 1 saturated carbocycles. The van der Waals surface area contributed by atoms with E-state index in [4.69, 9.17) is 18.9 Å². The molecule has 1 fully saturated rings. The molecule has 4 rings (SSSR count). The number of Topliss-reactive ketones (excluding diaryl/α,β-unsaturated/α-hetero) is 2. The molecule has 1 aliphatic carbocycles. The zero-order chi connectivity index (χ0) is 28.3. The van der Waals surface area contributed by atoms with E-state index in [2.05, 4.69) is 10.1 Å². The van der Waals surface area contributed by atoms with Crippen LogP contribution in [-0.2, 0) is 38.2 Å². The summed E-state index contributed by atoms with van der Waals surface area (Å²) in [5.41, 5.74) is -2.54. The fourth-order valence-corrected chi connectivity index (χ4v) is 4.93. The number of carbonyl (C=O) groups excluding carboxylic acids is 6. The zero-order valence-electron chi connectivity index (χ0n) is 21.3. The second-order valence-corrected chi connectivity index (χ2v) is 8.67. The highest BCUT2D eigenvalue weighted by Crippen LogP contribution is 2.47. The lowest BCUT2D eigenvalue weighted by Crippen LogP contribution is -2.64. The molecule has 204 valence electrons. The molecule has 1 N–H and O–H groups in total. The quantitative estimate of drug-likeness (QED) is 0.289. The Hall–Kier alpha value is -4.74. The van der Waals surface area contributed by atoms with Crippen molar-refractivity contribution >= 4 is 35.4 Å². The van der Waals surface area contributed by atoms with Crippen molar-refractivity contribution in [1.29, 1.82) is 0 Å². The lowest BCUT2D eigenvalue weighted by molar-refractivity contribution is -0.156. The number of methoxy groups -OCH3 is 2. The molecule has 2 aromatic carbocycles. The highest BCUT2D eigenvalue weighted by atomic mass is 16.7. The van der Waals surface area contributed by atoms with Crippen LogP contribution in [0.4, 0.5) is 0 Å². The molecular weight excluding hydrogens is 514 g/mol. The van der Waals surface area contributed by atoms with Gasteiger partial charge in [0.2, 0.25) is 6.79 Å². The van der Waals surface area contributed by atoms with Gasteiger partial charge in [0.15, 0.2) is 29.0 Å². The monoisotopic (exact) mass is 539 g/mol. The first kappa shape index (κ1) is 27.3. The van der Waals surface area contributed by atoms with Gasteiger partial charge in [-0.3, -0.25) is 28.8 Å². The van der Waals surface area contributed by atoms with Crippen LogP contribution in [0, 0.1) is 11.8 Å². The summed E-state index contributed by atoms with van der Waals surface area (Å²) in [6.45, 7) is 1.26. The van der Waals surface area contributed by atoms with Gasteiger partial charge in [-0.05, 0) is 36.8 Å². The van der Waals surface area contributed by atoms with Crippen LogP contribution in [0.2, 0.25) is 0 Å². The molecular formula is C27H25NO11. The number of esters is 3. The predicted octanol–water partition coefficient (Wildman–Crippen LogP) is 0.961. The van der Waals surface area contributed by atoms with Crippen LogP contribution in [0.25, 0.3) is 0 Å². The van der Waals surface area contributed by atoms with Gasteiger partial charge in [-0.25, -0.2) is 0 Å². The SMILES string of the molecule is CCOC(=O)[C@H](c1ccc2c(c1)OCO2)[C@]1(NC(=O)c2ccccc2)C(=O)[C@@H](C(=O)OC)C(=O)[C@H]1C(=O)OC. The maximum absolute atomic E-state index is 14.2. The van der Waals surface area contributed by atoms with E-state index in [0.29, 0.717) is 5.75 Å². The number of amides is 1. The summed E-state index contributed by atoms with van der Waals surface area (Å²) in [6.07, 6.45) is 0. The number of ether oxygens (including phenoxy) is 5. The standard InChI is InChI=1S/C27H25NO11/c1-4-37-26(34)19(15-10-11-16-17(12-15)39-13-38-16)27(28-23(31)14-8-6-5-7-9-14)20(25(33)36-3)21(29)18(22(27)30)24(32)35-2/h5-12,18-20H,4,13H2,1-3H3,(H,28,31)/t18-,19-,20-,27+/m0/s1. The number of carbonyl (C=O) groups is 6. The van der Waals surface area contributed by atoms with Crippen molar-refractivity contribution in [2.45, 2.75) is 18.4 Å². The molecule has 4 atom stereocenters. The van der Waals surface area contributed by atoms with Crippen LogP contribution in [-0.4, -0.2) is 68.5 Å². The normalized spacial score (nSPS) is 22.1. The van der Waals surface area contributed by atoms with Crippen molar-refractivity contribution in [3.05, 3.63) is 59.7 Å². The van der Waals surface area contributed by atoms with Crippen molar-refractivity contribution in [3.63, 3.8) is 0 Å². The van der Waals surface area contributed by atoms with Gasteiger partial charge in [-0.2, -0.15) is 0 Å². The second kappa shape index (κ2) is 10.9. The maximum atomic E-state index is 14.2. The van der Waals surface area contributed by atoms with E-state index in [1.54, 1.807) is 18.2 Å². The Morgan fingerprint density at radius 1 is 0.974 bits per heavy atom. The third-order valence-corrected chi connectivity index (χ3v) is 6.63. The van der Waals surface area contributed by atoms with E-state index in [1.807, 2.05) is 0 Å². The Balaban J connectivity index is 2.02. The Kier molecular flexibility index (Phi) is 7.65. The summed E-state index contributed by atoms with van der Waals surface area (Å²) in [7, 11) is 1.93. The third kappa shape index (κ3) is 4.58. The predicted molar refractivity (Wildman–Crippen MR) is 130 cm³/mol. The summed E-state index contributed by atoms with van der Waals surface area (Å²) in [6, 6.07) is 11.8. The highest BCUT2D eigenvalue weighted by molar-refractivity contribution is 6.32. The Bertz CT molecular complexity index is 1340. The summed E-state index contributed by atoms with van der Waals surface area (Å²) >= 11 is 0. The number of ketones is 2. The largest absolute Gasteiger partial charge is 0.468 e. The van der Waals surface area contributed by atoms with Crippen molar-refractivity contribution in [2.24, 2.45) is 11.8 Å². The van der Waals surface area contributed by atoms with E-state index in [9.17, 15) is 28.8 Å². The summed E-state index contributed by atoms with van der Waals surface area (Å²) in [4.78, 5) is 80.8. The molecule has 1 amide bonds. The first-order chi connectivity index (χ1) is 18.7. The molecule has 12 nitrogen and oxygen atoms in total. The fraction of sp³-hybridized carbons (Fsp3) is 0.333. The minimum Gasteiger partial charge on any atom is -0.468 e. The molecule has 2 aromatic rings. The number of rotatable bonds is 8. The van der Waals surface area contributed by atoms with Gasteiger partial charge in [0.1, 0.15) is 17.4 Å². The van der Waals surface area contributed by atoms with Crippen molar-refractivity contribution in [2.75, 3.05) is 27.6 Å². The number of hydrogen-bond donors (Lipinski definition) is 1.